The van der Waals surface area contributed by atoms with Crippen molar-refractivity contribution in [2.75, 3.05) is 0 Å². The van der Waals surface area contributed by atoms with Gasteiger partial charge in [-0.25, -0.2) is 4.98 Å². The van der Waals surface area contributed by atoms with E-state index in [-0.39, 0.29) is 22.8 Å². The predicted molar refractivity (Wildman–Crippen MR) is 109 cm³/mol. The van der Waals surface area contributed by atoms with Gasteiger partial charge in [-0.2, -0.15) is 0 Å². The Bertz CT molecular complexity index is 1240. The number of phenolic OH excluding ortho intramolecular Hbond substituents is 1. The van der Waals surface area contributed by atoms with Crippen LogP contribution in [0.2, 0.25) is 0 Å². The number of carbonyl (C=O) groups excluding carboxylic acids is 1. The van der Waals surface area contributed by atoms with Crippen LogP contribution >= 0.6 is 0 Å². The third-order valence-corrected chi connectivity index (χ3v) is 4.34. The molecule has 136 valence electrons. The van der Waals surface area contributed by atoms with E-state index in [1.807, 2.05) is 18.2 Å². The number of Topliss-reactive ketones (excluding diaryl/α,β-unsaturated/α-hetero) is 1. The number of carbonyl (C=O) groups is 1. The predicted octanol–water partition coefficient (Wildman–Crippen LogP) is 4.05. The van der Waals surface area contributed by atoms with Gasteiger partial charge in [-0.15, -0.1) is 0 Å². The van der Waals surface area contributed by atoms with Crippen molar-refractivity contribution >= 4 is 28.5 Å². The van der Waals surface area contributed by atoms with Crippen LogP contribution in [0.15, 0.2) is 83.7 Å². The van der Waals surface area contributed by atoms with Crippen molar-refractivity contribution in [3.63, 3.8) is 0 Å². The SMILES string of the molecule is O=C(/C(=C/c1ccc(O)cc1)c1nc2ccccc2[nH]c1=O)c1ccccc1. The van der Waals surface area contributed by atoms with Crippen LogP contribution in [0.5, 0.6) is 5.75 Å². The Morgan fingerprint density at radius 2 is 1.57 bits per heavy atom. The van der Waals surface area contributed by atoms with Gasteiger partial charge in [0.25, 0.3) is 5.56 Å². The molecule has 2 N–H and O–H groups in total. The molecule has 4 aromatic rings. The number of nitrogens with one attached hydrogen (secondary N) is 1. The molecule has 3 aromatic carbocycles. The number of phenols is 1. The van der Waals surface area contributed by atoms with Gasteiger partial charge in [-0.05, 0) is 35.9 Å². The van der Waals surface area contributed by atoms with Crippen molar-refractivity contribution in [2.24, 2.45) is 0 Å². The fraction of sp³-hybridized carbons (Fsp3) is 0. The number of fused-ring (bicyclic) bond motifs is 1. The van der Waals surface area contributed by atoms with E-state index in [9.17, 15) is 14.7 Å². The summed E-state index contributed by atoms with van der Waals surface area (Å²) in [5.41, 5.74) is 2.13. The van der Waals surface area contributed by atoms with Crippen LogP contribution in [0.4, 0.5) is 0 Å². The van der Waals surface area contributed by atoms with E-state index in [1.54, 1.807) is 54.6 Å². The first kappa shape index (κ1) is 17.4. The number of allylic oxidation sites excluding steroid dienone is 1. The first-order chi connectivity index (χ1) is 13.6. The Labute approximate surface area is 160 Å². The smallest absolute Gasteiger partial charge is 0.275 e. The monoisotopic (exact) mass is 368 g/mol. The summed E-state index contributed by atoms with van der Waals surface area (Å²) in [6, 6.07) is 22.3. The van der Waals surface area contributed by atoms with E-state index < -0.39 is 5.56 Å². The third-order valence-electron chi connectivity index (χ3n) is 4.34. The number of hydrogen-bond acceptors (Lipinski definition) is 4. The quantitative estimate of drug-likeness (QED) is 0.420. The fourth-order valence-electron chi connectivity index (χ4n) is 2.94. The van der Waals surface area contributed by atoms with E-state index >= 15 is 0 Å². The lowest BCUT2D eigenvalue weighted by Crippen LogP contribution is -2.18. The average molecular weight is 368 g/mol. The Morgan fingerprint density at radius 3 is 2.32 bits per heavy atom. The topological polar surface area (TPSA) is 83.0 Å². The molecule has 0 amide bonds. The summed E-state index contributed by atoms with van der Waals surface area (Å²) in [7, 11) is 0. The minimum atomic E-state index is -0.437. The normalized spacial score (nSPS) is 11.5. The molecule has 5 nitrogen and oxygen atoms in total. The molecule has 1 aromatic heterocycles. The number of aromatic amines is 1. The number of para-hydroxylation sites is 2. The highest BCUT2D eigenvalue weighted by Crippen LogP contribution is 2.22. The molecule has 0 saturated heterocycles. The second kappa shape index (κ2) is 7.32. The first-order valence-electron chi connectivity index (χ1n) is 8.72. The lowest BCUT2D eigenvalue weighted by atomic mass is 9.98. The molecule has 0 bridgehead atoms. The van der Waals surface area contributed by atoms with Crippen LogP contribution in [0.25, 0.3) is 22.7 Å². The van der Waals surface area contributed by atoms with E-state index in [0.717, 1.165) is 0 Å². The van der Waals surface area contributed by atoms with Crippen molar-refractivity contribution in [3.05, 3.63) is 106 Å². The summed E-state index contributed by atoms with van der Waals surface area (Å²) < 4.78 is 0. The van der Waals surface area contributed by atoms with Gasteiger partial charge < -0.3 is 10.1 Å². The van der Waals surface area contributed by atoms with Gasteiger partial charge in [-0.1, -0.05) is 54.6 Å². The van der Waals surface area contributed by atoms with Gasteiger partial charge in [-0.3, -0.25) is 9.59 Å². The van der Waals surface area contributed by atoms with E-state index in [1.165, 1.54) is 12.1 Å². The van der Waals surface area contributed by atoms with Crippen molar-refractivity contribution in [1.29, 1.82) is 0 Å². The van der Waals surface area contributed by atoms with E-state index in [2.05, 4.69) is 9.97 Å². The standard InChI is InChI=1S/C23H16N2O3/c26-17-12-10-15(11-13-17)14-18(22(27)16-6-2-1-3-7-16)21-23(28)25-20-9-5-4-8-19(20)24-21/h1-14,26H,(H,25,28)/b18-14+. The minimum Gasteiger partial charge on any atom is -0.508 e. The molecule has 0 spiro atoms. The van der Waals surface area contributed by atoms with Gasteiger partial charge in [0.1, 0.15) is 11.4 Å². The van der Waals surface area contributed by atoms with Gasteiger partial charge in [0.05, 0.1) is 16.6 Å². The molecular formula is C23H16N2O3. The molecule has 0 atom stereocenters. The Balaban J connectivity index is 1.93. The summed E-state index contributed by atoms with van der Waals surface area (Å²) >= 11 is 0. The molecule has 0 radical (unpaired) electrons. The highest BCUT2D eigenvalue weighted by atomic mass is 16.3. The number of ketones is 1. The summed E-state index contributed by atoms with van der Waals surface area (Å²) in [5.74, 6) is -0.184. The largest absolute Gasteiger partial charge is 0.508 e. The molecule has 0 saturated carbocycles. The second-order valence-corrected chi connectivity index (χ2v) is 6.28. The third kappa shape index (κ3) is 3.46. The average Bonchev–Trinajstić information content (AvgIpc) is 2.73. The van der Waals surface area contributed by atoms with E-state index in [4.69, 9.17) is 0 Å². The Kier molecular flexibility index (Phi) is 4.56. The maximum atomic E-state index is 13.2. The summed E-state index contributed by atoms with van der Waals surface area (Å²) in [4.78, 5) is 33.1. The van der Waals surface area contributed by atoms with Crippen LogP contribution < -0.4 is 5.56 Å². The van der Waals surface area contributed by atoms with Gasteiger partial charge in [0.2, 0.25) is 0 Å². The molecule has 4 rings (SSSR count). The molecule has 0 aliphatic heterocycles. The lowest BCUT2D eigenvalue weighted by molar-refractivity contribution is 0.105. The zero-order chi connectivity index (χ0) is 19.5. The zero-order valence-corrected chi connectivity index (χ0v) is 14.8. The van der Waals surface area contributed by atoms with Crippen molar-refractivity contribution < 1.29 is 9.90 Å². The van der Waals surface area contributed by atoms with Crippen LogP contribution in [-0.2, 0) is 0 Å². The lowest BCUT2D eigenvalue weighted by Gasteiger charge is -2.08. The highest BCUT2D eigenvalue weighted by Gasteiger charge is 2.19. The molecule has 0 fully saturated rings. The maximum Gasteiger partial charge on any atom is 0.275 e. The van der Waals surface area contributed by atoms with Crippen molar-refractivity contribution in [2.45, 2.75) is 0 Å². The number of aromatic hydroxyl groups is 1. The van der Waals surface area contributed by atoms with Crippen LogP contribution in [0.3, 0.4) is 0 Å². The number of rotatable bonds is 4. The number of nitrogens with zero attached hydrogens (tertiary/aromatic N) is 1. The van der Waals surface area contributed by atoms with Crippen LogP contribution in [0, 0.1) is 0 Å². The molecule has 1 heterocycles. The van der Waals surface area contributed by atoms with E-state index in [0.29, 0.717) is 22.2 Å². The van der Waals surface area contributed by atoms with Gasteiger partial charge in [0, 0.05) is 5.56 Å². The van der Waals surface area contributed by atoms with Gasteiger partial charge >= 0.3 is 0 Å². The van der Waals surface area contributed by atoms with Crippen LogP contribution in [-0.4, -0.2) is 20.9 Å². The molecule has 5 heteroatoms. The minimum absolute atomic E-state index is 0.0561. The Morgan fingerprint density at radius 1 is 0.893 bits per heavy atom. The maximum absolute atomic E-state index is 13.2. The number of hydrogen-bond donors (Lipinski definition) is 2. The highest BCUT2D eigenvalue weighted by molar-refractivity contribution is 6.32. The van der Waals surface area contributed by atoms with Crippen molar-refractivity contribution in [3.8, 4) is 5.75 Å². The number of aromatic nitrogens is 2. The second-order valence-electron chi connectivity index (χ2n) is 6.28. The zero-order valence-electron chi connectivity index (χ0n) is 14.8. The summed E-state index contributed by atoms with van der Waals surface area (Å²) in [6.45, 7) is 0. The molecule has 0 aliphatic rings. The summed E-state index contributed by atoms with van der Waals surface area (Å²) in [6.07, 6.45) is 1.61. The molecule has 28 heavy (non-hydrogen) atoms. The fourth-order valence-corrected chi connectivity index (χ4v) is 2.94. The van der Waals surface area contributed by atoms with Crippen LogP contribution in [0.1, 0.15) is 21.6 Å². The summed E-state index contributed by atoms with van der Waals surface area (Å²) in [5, 5.41) is 9.50. The Hall–Kier alpha value is -3.99. The molecule has 0 aliphatic carbocycles. The molecular weight excluding hydrogens is 352 g/mol. The number of benzene rings is 3. The van der Waals surface area contributed by atoms with Gasteiger partial charge in [0.15, 0.2) is 5.78 Å². The molecule has 0 unspecified atom stereocenters. The van der Waals surface area contributed by atoms with Crippen molar-refractivity contribution in [1.82, 2.24) is 9.97 Å². The number of H-pyrrole nitrogens is 1. The first-order valence-corrected chi connectivity index (χ1v) is 8.72.